The summed E-state index contributed by atoms with van der Waals surface area (Å²) in [6.07, 6.45) is 4.35. The average molecular weight is 340 g/mol. The first-order valence-corrected chi connectivity index (χ1v) is 8.15. The fourth-order valence-corrected chi connectivity index (χ4v) is 2.61. The van der Waals surface area contributed by atoms with E-state index in [2.05, 4.69) is 5.32 Å². The molecule has 1 aromatic carbocycles. The average Bonchev–Trinajstić information content (AvgIpc) is 2.99. The van der Waals surface area contributed by atoms with Gasteiger partial charge in [-0.2, -0.15) is 0 Å². The second kappa shape index (κ2) is 7.21. The van der Waals surface area contributed by atoms with Crippen molar-refractivity contribution < 1.29 is 19.4 Å². The minimum absolute atomic E-state index is 0.0244. The number of amides is 1. The van der Waals surface area contributed by atoms with Gasteiger partial charge < -0.3 is 15.2 Å². The van der Waals surface area contributed by atoms with E-state index >= 15 is 0 Å². The van der Waals surface area contributed by atoms with Crippen LogP contribution < -0.4 is 10.1 Å². The summed E-state index contributed by atoms with van der Waals surface area (Å²) in [6.45, 7) is 3.14. The van der Waals surface area contributed by atoms with E-state index in [1.54, 1.807) is 32.0 Å². The van der Waals surface area contributed by atoms with Gasteiger partial charge in [-0.3, -0.25) is 9.59 Å². The van der Waals surface area contributed by atoms with Crippen LogP contribution in [0.2, 0.25) is 5.02 Å². The summed E-state index contributed by atoms with van der Waals surface area (Å²) in [5, 5.41) is 12.2. The lowest BCUT2D eigenvalue weighted by atomic mass is 9.94. The molecule has 0 aliphatic heterocycles. The maximum Gasteiger partial charge on any atom is 0.310 e. The lowest BCUT2D eigenvalue weighted by Crippen LogP contribution is -2.39. The molecule has 5 nitrogen and oxygen atoms in total. The van der Waals surface area contributed by atoms with Gasteiger partial charge in [0.2, 0.25) is 0 Å². The van der Waals surface area contributed by atoms with Crippen LogP contribution in [0, 0.1) is 5.41 Å². The molecule has 1 aromatic rings. The van der Waals surface area contributed by atoms with Gasteiger partial charge in [0, 0.05) is 11.6 Å². The Hall–Kier alpha value is -1.75. The largest absolute Gasteiger partial charge is 0.490 e. The van der Waals surface area contributed by atoms with Crippen LogP contribution >= 0.6 is 11.6 Å². The molecule has 2 N–H and O–H groups in total. The summed E-state index contributed by atoms with van der Waals surface area (Å²) in [6, 6.07) is 4.93. The molecule has 0 radical (unpaired) electrons. The molecular formula is C17H22ClNO4. The smallest absolute Gasteiger partial charge is 0.310 e. The molecule has 1 aliphatic carbocycles. The third-order valence-electron chi connectivity index (χ3n) is 4.05. The van der Waals surface area contributed by atoms with Gasteiger partial charge in [0.1, 0.15) is 5.75 Å². The number of rotatable bonds is 6. The molecule has 0 bridgehead atoms. The number of aliphatic carboxylic acids is 1. The third kappa shape index (κ3) is 4.61. The Morgan fingerprint density at radius 1 is 1.35 bits per heavy atom. The molecule has 6 heteroatoms. The predicted molar refractivity (Wildman–Crippen MR) is 88.1 cm³/mol. The number of halogens is 1. The molecule has 0 aromatic heterocycles. The number of carboxylic acid groups (broad SMARTS) is 1. The topological polar surface area (TPSA) is 75.6 Å². The van der Waals surface area contributed by atoms with Gasteiger partial charge in [-0.1, -0.05) is 11.6 Å². The first-order chi connectivity index (χ1) is 10.8. The highest BCUT2D eigenvalue weighted by Gasteiger charge is 2.28. The van der Waals surface area contributed by atoms with Crippen molar-refractivity contribution in [3.05, 3.63) is 28.8 Å². The zero-order chi connectivity index (χ0) is 17.0. The maximum atomic E-state index is 12.4. The Kier molecular flexibility index (Phi) is 5.52. The van der Waals surface area contributed by atoms with Crippen LogP contribution in [-0.4, -0.2) is 29.6 Å². The van der Waals surface area contributed by atoms with Crippen LogP contribution in [-0.2, 0) is 4.79 Å². The van der Waals surface area contributed by atoms with E-state index in [0.717, 1.165) is 25.7 Å². The van der Waals surface area contributed by atoms with Gasteiger partial charge in [-0.25, -0.2) is 0 Å². The van der Waals surface area contributed by atoms with Gasteiger partial charge in [-0.05, 0) is 57.7 Å². The fourth-order valence-electron chi connectivity index (χ4n) is 2.44. The zero-order valence-corrected chi connectivity index (χ0v) is 14.2. The maximum absolute atomic E-state index is 12.4. The van der Waals surface area contributed by atoms with E-state index in [-0.39, 0.29) is 18.6 Å². The summed E-state index contributed by atoms with van der Waals surface area (Å²) in [5.74, 6) is -0.854. The second-order valence-corrected chi connectivity index (χ2v) is 6.97. The van der Waals surface area contributed by atoms with E-state index in [1.165, 1.54) is 0 Å². The van der Waals surface area contributed by atoms with Gasteiger partial charge in [0.25, 0.3) is 5.91 Å². The monoisotopic (exact) mass is 339 g/mol. The van der Waals surface area contributed by atoms with Gasteiger partial charge in [0.15, 0.2) is 0 Å². The van der Waals surface area contributed by atoms with Crippen LogP contribution in [0.5, 0.6) is 5.75 Å². The highest BCUT2D eigenvalue weighted by atomic mass is 35.5. The number of hydrogen-bond donors (Lipinski definition) is 2. The number of benzene rings is 1. The third-order valence-corrected chi connectivity index (χ3v) is 4.29. The molecule has 126 valence electrons. The van der Waals surface area contributed by atoms with Crippen molar-refractivity contribution in [2.24, 2.45) is 5.41 Å². The van der Waals surface area contributed by atoms with Crippen molar-refractivity contribution in [3.63, 3.8) is 0 Å². The summed E-state index contributed by atoms with van der Waals surface area (Å²) in [5.41, 5.74) is -0.702. The lowest BCUT2D eigenvalue weighted by molar-refractivity contribution is -0.146. The molecule has 1 aliphatic rings. The van der Waals surface area contributed by atoms with Crippen molar-refractivity contribution in [1.29, 1.82) is 0 Å². The Morgan fingerprint density at radius 3 is 2.61 bits per heavy atom. The van der Waals surface area contributed by atoms with E-state index in [9.17, 15) is 9.59 Å². The normalized spacial score (nSPS) is 15.4. The van der Waals surface area contributed by atoms with Gasteiger partial charge in [0.05, 0.1) is 17.1 Å². The van der Waals surface area contributed by atoms with Crippen molar-refractivity contribution in [3.8, 4) is 5.75 Å². The summed E-state index contributed by atoms with van der Waals surface area (Å²) in [7, 11) is 0. The molecule has 1 amide bonds. The Morgan fingerprint density at radius 2 is 2.00 bits per heavy atom. The fraction of sp³-hybridized carbons (Fsp3) is 0.529. The quantitative estimate of drug-likeness (QED) is 0.831. The van der Waals surface area contributed by atoms with Crippen LogP contribution in [0.15, 0.2) is 18.2 Å². The van der Waals surface area contributed by atoms with E-state index < -0.39 is 11.4 Å². The zero-order valence-electron chi connectivity index (χ0n) is 13.4. The molecule has 23 heavy (non-hydrogen) atoms. The number of carbonyl (C=O) groups excluding carboxylic acids is 1. The van der Waals surface area contributed by atoms with Gasteiger partial charge in [-0.15, -0.1) is 0 Å². The first kappa shape index (κ1) is 17.6. The van der Waals surface area contributed by atoms with Crippen molar-refractivity contribution in [2.75, 3.05) is 6.54 Å². The summed E-state index contributed by atoms with van der Waals surface area (Å²) in [4.78, 5) is 23.5. The molecule has 1 saturated carbocycles. The van der Waals surface area contributed by atoms with Gasteiger partial charge >= 0.3 is 5.97 Å². The van der Waals surface area contributed by atoms with Crippen molar-refractivity contribution in [1.82, 2.24) is 5.32 Å². The molecule has 0 saturated heterocycles. The van der Waals surface area contributed by atoms with Crippen LogP contribution in [0.3, 0.4) is 0 Å². The second-order valence-electron chi connectivity index (χ2n) is 6.54. The Bertz CT molecular complexity index is 594. The van der Waals surface area contributed by atoms with Crippen LogP contribution in [0.1, 0.15) is 49.9 Å². The highest BCUT2D eigenvalue weighted by molar-refractivity contribution is 6.31. The highest BCUT2D eigenvalue weighted by Crippen LogP contribution is 2.28. The van der Waals surface area contributed by atoms with E-state index in [0.29, 0.717) is 16.3 Å². The van der Waals surface area contributed by atoms with Crippen molar-refractivity contribution >= 4 is 23.5 Å². The number of carbonyl (C=O) groups is 2. The molecule has 0 atom stereocenters. The summed E-state index contributed by atoms with van der Waals surface area (Å²) < 4.78 is 5.93. The molecular weight excluding hydrogens is 318 g/mol. The SMILES string of the molecule is CC(C)(CNC(=O)c1cc(Cl)ccc1OC1CCCC1)C(=O)O. The molecule has 0 spiro atoms. The summed E-state index contributed by atoms with van der Waals surface area (Å²) >= 11 is 5.99. The molecule has 1 fully saturated rings. The minimum atomic E-state index is -1.04. The minimum Gasteiger partial charge on any atom is -0.490 e. The number of ether oxygens (including phenoxy) is 1. The Labute approximate surface area is 141 Å². The lowest BCUT2D eigenvalue weighted by Gasteiger charge is -2.21. The van der Waals surface area contributed by atoms with Crippen LogP contribution in [0.25, 0.3) is 0 Å². The predicted octanol–water partition coefficient (Wildman–Crippen LogP) is 3.50. The van der Waals surface area contributed by atoms with E-state index in [4.69, 9.17) is 21.4 Å². The number of hydrogen-bond acceptors (Lipinski definition) is 3. The van der Waals surface area contributed by atoms with Crippen LogP contribution in [0.4, 0.5) is 0 Å². The molecule has 2 rings (SSSR count). The number of nitrogens with one attached hydrogen (secondary N) is 1. The molecule has 0 heterocycles. The first-order valence-electron chi connectivity index (χ1n) is 7.77. The van der Waals surface area contributed by atoms with E-state index in [1.807, 2.05) is 0 Å². The molecule has 0 unspecified atom stereocenters. The number of carboxylic acids is 1. The standard InChI is InChI=1S/C17H22ClNO4/c1-17(2,16(21)22)10-19-15(20)13-9-11(18)7-8-14(13)23-12-5-3-4-6-12/h7-9,12H,3-6,10H2,1-2H3,(H,19,20)(H,21,22). The van der Waals surface area contributed by atoms with Crippen molar-refractivity contribution in [2.45, 2.75) is 45.6 Å². The Balaban J connectivity index is 2.11.